The molecule has 2 nitrogen and oxygen atoms in total. The van der Waals surface area contributed by atoms with E-state index in [0.717, 1.165) is 12.5 Å². The average Bonchev–Trinajstić information content (AvgIpc) is 2.08. The Labute approximate surface area is 79.0 Å². The molecular weight excluding hydrogens is 203 g/mol. The molecule has 0 heterocycles. The molecule has 0 aliphatic carbocycles. The molecule has 0 fully saturated rings. The van der Waals surface area contributed by atoms with Crippen molar-refractivity contribution < 1.29 is 8.85 Å². The van der Waals surface area contributed by atoms with E-state index in [1.165, 1.54) is 0 Å². The predicted molar refractivity (Wildman–Crippen MR) is 50.6 cm³/mol. The third kappa shape index (κ3) is 3.76. The third-order valence-electron chi connectivity index (χ3n) is 1.64. The lowest BCUT2D eigenvalue weighted by Gasteiger charge is -2.24. The summed E-state index contributed by atoms with van der Waals surface area (Å²) < 4.78 is 10.5. The summed E-state index contributed by atoms with van der Waals surface area (Å²) in [6.07, 6.45) is 0.905. The van der Waals surface area contributed by atoms with Crippen LogP contribution < -0.4 is 0 Å². The fourth-order valence-electron chi connectivity index (χ4n) is 0.800. The van der Waals surface area contributed by atoms with Gasteiger partial charge in [-0.3, -0.25) is 0 Å². The van der Waals surface area contributed by atoms with Gasteiger partial charge < -0.3 is 8.85 Å². The molecule has 0 atom stereocenters. The fourth-order valence-corrected chi connectivity index (χ4v) is 3.86. The molecular formula is C6H14Cl2O2Si. The summed E-state index contributed by atoms with van der Waals surface area (Å²) in [7, 11) is 1.23. The summed E-state index contributed by atoms with van der Waals surface area (Å²) >= 11 is 11.3. The fraction of sp³-hybridized carbons (Fsp3) is 1.00. The normalized spacial score (nSPS) is 12.0. The van der Waals surface area contributed by atoms with Crippen LogP contribution >= 0.6 is 23.2 Å². The molecule has 0 aromatic heterocycles. The maximum Gasteiger partial charge on any atom is 0.352 e. The van der Waals surface area contributed by atoms with Gasteiger partial charge in [-0.05, 0) is 12.5 Å². The molecule has 5 heteroatoms. The van der Waals surface area contributed by atoms with Crippen LogP contribution in [0, 0.1) is 0 Å². The SMILES string of the molecule is CO[Si](CCl)(CCCCl)OC. The van der Waals surface area contributed by atoms with Crippen LogP contribution in [0.4, 0.5) is 0 Å². The van der Waals surface area contributed by atoms with Gasteiger partial charge in [0.25, 0.3) is 0 Å². The number of halogens is 2. The second-order valence-electron chi connectivity index (χ2n) is 2.25. The molecule has 0 saturated carbocycles. The molecule has 0 aromatic carbocycles. The summed E-state index contributed by atoms with van der Waals surface area (Å²) in [6, 6.07) is 0.868. The van der Waals surface area contributed by atoms with Crippen LogP contribution in [-0.4, -0.2) is 34.2 Å². The van der Waals surface area contributed by atoms with Crippen LogP contribution in [0.3, 0.4) is 0 Å². The lowest BCUT2D eigenvalue weighted by Crippen LogP contribution is -2.42. The highest BCUT2D eigenvalue weighted by atomic mass is 35.5. The monoisotopic (exact) mass is 216 g/mol. The molecule has 0 spiro atoms. The first kappa shape index (κ1) is 11.7. The van der Waals surface area contributed by atoms with Crippen molar-refractivity contribution in [3.8, 4) is 0 Å². The Morgan fingerprint density at radius 2 is 1.73 bits per heavy atom. The van der Waals surface area contributed by atoms with Crippen LogP contribution in [0.2, 0.25) is 6.04 Å². The van der Waals surface area contributed by atoms with Gasteiger partial charge in [0, 0.05) is 20.1 Å². The van der Waals surface area contributed by atoms with Crippen molar-refractivity contribution in [1.82, 2.24) is 0 Å². The van der Waals surface area contributed by atoms with Crippen molar-refractivity contribution in [1.29, 1.82) is 0 Å². The van der Waals surface area contributed by atoms with Gasteiger partial charge in [-0.15, -0.1) is 23.2 Å². The zero-order valence-electron chi connectivity index (χ0n) is 6.90. The second-order valence-corrected chi connectivity index (χ2v) is 6.83. The van der Waals surface area contributed by atoms with E-state index in [2.05, 4.69) is 0 Å². The molecule has 68 valence electrons. The van der Waals surface area contributed by atoms with Gasteiger partial charge >= 0.3 is 8.56 Å². The Hall–Kier alpha value is 0.717. The molecule has 0 saturated heterocycles. The standard InChI is InChI=1S/C6H14Cl2O2Si/c1-9-11(6-8,10-2)5-3-4-7/h3-6H2,1-2H3. The third-order valence-corrected chi connectivity index (χ3v) is 6.14. The van der Waals surface area contributed by atoms with E-state index < -0.39 is 8.56 Å². The Kier molecular flexibility index (Phi) is 6.66. The maximum atomic E-state index is 5.73. The minimum atomic E-state index is -2.06. The smallest absolute Gasteiger partial charge is 0.352 e. The van der Waals surface area contributed by atoms with Crippen LogP contribution in [0.15, 0.2) is 0 Å². The van der Waals surface area contributed by atoms with Crippen molar-refractivity contribution >= 4 is 31.8 Å². The van der Waals surface area contributed by atoms with Gasteiger partial charge in [-0.1, -0.05) is 0 Å². The van der Waals surface area contributed by atoms with Crippen LogP contribution in [0.5, 0.6) is 0 Å². The number of alkyl halides is 2. The summed E-state index contributed by atoms with van der Waals surface area (Å²) in [6.45, 7) is 0. The molecule has 0 aromatic rings. The van der Waals surface area contributed by atoms with E-state index in [9.17, 15) is 0 Å². The Bertz CT molecular complexity index is 90.3. The molecule has 0 bridgehead atoms. The summed E-state index contributed by atoms with van der Waals surface area (Å²) in [5.74, 6) is 0.637. The lowest BCUT2D eigenvalue weighted by molar-refractivity contribution is 0.247. The molecule has 0 radical (unpaired) electrons. The molecule has 0 rings (SSSR count). The first-order chi connectivity index (χ1) is 5.24. The van der Waals surface area contributed by atoms with Gasteiger partial charge in [-0.25, -0.2) is 0 Å². The number of hydrogen-bond donors (Lipinski definition) is 0. The summed E-state index contributed by atoms with van der Waals surface area (Å²) in [4.78, 5) is 0. The average molecular weight is 217 g/mol. The molecule has 0 unspecified atom stereocenters. The van der Waals surface area contributed by atoms with E-state index in [1.54, 1.807) is 14.2 Å². The van der Waals surface area contributed by atoms with Gasteiger partial charge in [0.15, 0.2) is 0 Å². The molecule has 0 amide bonds. The first-order valence-electron chi connectivity index (χ1n) is 3.47. The minimum Gasteiger partial charge on any atom is -0.397 e. The minimum absolute atomic E-state index is 0.469. The van der Waals surface area contributed by atoms with Crippen molar-refractivity contribution in [2.75, 3.05) is 25.6 Å². The first-order valence-corrected chi connectivity index (χ1v) is 6.77. The van der Waals surface area contributed by atoms with E-state index in [1.807, 2.05) is 0 Å². The van der Waals surface area contributed by atoms with Crippen LogP contribution in [0.25, 0.3) is 0 Å². The van der Waals surface area contributed by atoms with E-state index >= 15 is 0 Å². The van der Waals surface area contributed by atoms with Crippen LogP contribution in [0.1, 0.15) is 6.42 Å². The number of rotatable bonds is 6. The van der Waals surface area contributed by atoms with Crippen molar-refractivity contribution in [2.45, 2.75) is 12.5 Å². The molecule has 0 aliphatic rings. The summed E-state index contributed by atoms with van der Waals surface area (Å²) in [5.41, 5.74) is 0.469. The highest BCUT2D eigenvalue weighted by molar-refractivity contribution is 6.74. The second kappa shape index (κ2) is 6.26. The highest BCUT2D eigenvalue weighted by Crippen LogP contribution is 2.16. The topological polar surface area (TPSA) is 18.5 Å². The number of hydrogen-bond acceptors (Lipinski definition) is 2. The van der Waals surface area contributed by atoms with E-state index in [0.29, 0.717) is 11.4 Å². The van der Waals surface area contributed by atoms with E-state index in [-0.39, 0.29) is 0 Å². The van der Waals surface area contributed by atoms with Crippen LogP contribution in [-0.2, 0) is 8.85 Å². The predicted octanol–water partition coefficient (Wildman–Crippen LogP) is 2.13. The Balaban J connectivity index is 3.84. The zero-order chi connectivity index (χ0) is 8.74. The van der Waals surface area contributed by atoms with Crippen molar-refractivity contribution in [3.05, 3.63) is 0 Å². The maximum absolute atomic E-state index is 5.73. The largest absolute Gasteiger partial charge is 0.397 e. The lowest BCUT2D eigenvalue weighted by atomic mass is 10.6. The Morgan fingerprint density at radius 3 is 2.00 bits per heavy atom. The molecule has 0 aliphatic heterocycles. The van der Waals surface area contributed by atoms with Gasteiger partial charge in [0.2, 0.25) is 0 Å². The zero-order valence-corrected chi connectivity index (χ0v) is 9.41. The van der Waals surface area contributed by atoms with Crippen molar-refractivity contribution in [3.63, 3.8) is 0 Å². The van der Waals surface area contributed by atoms with E-state index in [4.69, 9.17) is 32.1 Å². The Morgan fingerprint density at radius 1 is 1.18 bits per heavy atom. The molecule has 0 N–H and O–H groups in total. The van der Waals surface area contributed by atoms with Gasteiger partial charge in [0.05, 0.1) is 5.50 Å². The van der Waals surface area contributed by atoms with Gasteiger partial charge in [0.1, 0.15) is 0 Å². The summed E-state index contributed by atoms with van der Waals surface area (Å²) in [5, 5.41) is 0. The van der Waals surface area contributed by atoms with Gasteiger partial charge in [-0.2, -0.15) is 0 Å². The highest BCUT2D eigenvalue weighted by Gasteiger charge is 2.33. The van der Waals surface area contributed by atoms with Crippen molar-refractivity contribution in [2.24, 2.45) is 0 Å². The molecule has 11 heavy (non-hydrogen) atoms. The quantitative estimate of drug-likeness (QED) is 0.501.